The molecule has 0 unspecified atom stereocenters. The van der Waals surface area contributed by atoms with Gasteiger partial charge >= 0.3 is 0 Å². The number of nitrogens with zero attached hydrogens (tertiary/aromatic N) is 6. The van der Waals surface area contributed by atoms with E-state index in [1.807, 2.05) is 0 Å². The van der Waals surface area contributed by atoms with Gasteiger partial charge in [-0.1, -0.05) is 188 Å². The number of benzene rings is 13. The molecule has 93 heavy (non-hydrogen) atoms. The first-order valence-electron chi connectivity index (χ1n) is 32.1. The SMILES string of the molecule is c1ccc(N2c3cccc4c3B(c3c2cc2c5c3Oc3ccccc3B5c3c(n(-c5ccccc5)c5ccccc35)N2c2ccccc2)c2c(cc3c5c2Oc2ccccc2B5c2c(n(-c5ccccc5)c5ccccc25)N3c2ccccc2)N4c2ccccc2)cc1. The molecule has 0 spiro atoms. The van der Waals surface area contributed by atoms with Crippen LogP contribution in [0.1, 0.15) is 0 Å². The Hall–Kier alpha value is -12.1. The van der Waals surface area contributed by atoms with Crippen molar-refractivity contribution in [2.45, 2.75) is 0 Å². The van der Waals surface area contributed by atoms with Crippen LogP contribution in [0.3, 0.4) is 0 Å². The van der Waals surface area contributed by atoms with Crippen molar-refractivity contribution in [2.75, 3.05) is 19.6 Å². The van der Waals surface area contributed by atoms with Crippen LogP contribution in [-0.4, -0.2) is 29.3 Å². The highest BCUT2D eigenvalue weighted by molar-refractivity contribution is 7.06. The second kappa shape index (κ2) is 19.2. The van der Waals surface area contributed by atoms with Gasteiger partial charge in [-0.25, -0.2) is 0 Å². The maximum absolute atomic E-state index is 8.01. The molecular weight excluding hydrogens is 1130 g/mol. The third-order valence-electron chi connectivity index (χ3n) is 20.3. The molecule has 0 amide bonds. The molecule has 15 aromatic rings. The molecule has 13 aromatic carbocycles. The molecule has 0 saturated carbocycles. The summed E-state index contributed by atoms with van der Waals surface area (Å²) in [6.07, 6.45) is 0. The molecule has 21 rings (SSSR count). The Morgan fingerprint density at radius 1 is 0.226 bits per heavy atom. The maximum Gasteiger partial charge on any atom is 0.261 e. The molecular formula is C82H51B3N6O2. The van der Waals surface area contributed by atoms with Gasteiger partial charge in [0, 0.05) is 68.2 Å². The lowest BCUT2D eigenvalue weighted by Crippen LogP contribution is -2.67. The molecule has 0 aliphatic carbocycles. The molecule has 6 aliphatic rings. The van der Waals surface area contributed by atoms with E-state index in [4.69, 9.17) is 9.47 Å². The molecule has 8 nitrogen and oxygen atoms in total. The number of para-hydroxylation sites is 10. The first-order chi connectivity index (χ1) is 46.2. The summed E-state index contributed by atoms with van der Waals surface area (Å²) in [4.78, 5) is 10.1. The van der Waals surface area contributed by atoms with Crippen LogP contribution in [0.25, 0.3) is 33.2 Å². The number of aromatic nitrogens is 2. The van der Waals surface area contributed by atoms with Crippen molar-refractivity contribution in [3.8, 4) is 34.4 Å². The third kappa shape index (κ3) is 6.87. The largest absolute Gasteiger partial charge is 0.459 e. The Kier molecular flexibility index (Phi) is 10.5. The Bertz CT molecular complexity index is 5290. The van der Waals surface area contributed by atoms with Crippen molar-refractivity contribution in [3.05, 3.63) is 309 Å². The lowest BCUT2D eigenvalue weighted by molar-refractivity contribution is 0.490. The molecule has 0 bridgehead atoms. The van der Waals surface area contributed by atoms with Crippen LogP contribution < -0.4 is 78.2 Å². The highest BCUT2D eigenvalue weighted by Crippen LogP contribution is 2.54. The summed E-state index contributed by atoms with van der Waals surface area (Å²) < 4.78 is 21.0. The predicted octanol–water partition coefficient (Wildman–Crippen LogP) is 14.5. The number of anilines is 12. The summed E-state index contributed by atoms with van der Waals surface area (Å²) >= 11 is 0. The van der Waals surface area contributed by atoms with Crippen molar-refractivity contribution in [1.29, 1.82) is 0 Å². The number of rotatable bonds is 6. The number of hydrogen-bond acceptors (Lipinski definition) is 6. The zero-order chi connectivity index (χ0) is 60.6. The molecule has 8 heterocycles. The molecule has 6 aliphatic heterocycles. The summed E-state index contributed by atoms with van der Waals surface area (Å²) in [5.74, 6) is 5.61. The Labute approximate surface area is 538 Å². The molecule has 11 heteroatoms. The minimum absolute atomic E-state index is 0.241. The summed E-state index contributed by atoms with van der Waals surface area (Å²) in [5, 5.41) is 2.39. The van der Waals surface area contributed by atoms with E-state index < -0.39 is 6.71 Å². The van der Waals surface area contributed by atoms with Crippen LogP contribution in [0, 0.1) is 0 Å². The normalized spacial score (nSPS) is 13.8. The monoisotopic (exact) mass is 1180 g/mol. The van der Waals surface area contributed by atoms with Gasteiger partial charge in [-0.15, -0.1) is 0 Å². The van der Waals surface area contributed by atoms with E-state index in [1.165, 1.54) is 27.2 Å². The van der Waals surface area contributed by atoms with Crippen molar-refractivity contribution in [3.63, 3.8) is 0 Å². The average Bonchev–Trinajstić information content (AvgIpc) is 1.67. The van der Waals surface area contributed by atoms with Gasteiger partial charge in [0.15, 0.2) is 0 Å². The van der Waals surface area contributed by atoms with E-state index in [9.17, 15) is 0 Å². The zero-order valence-corrected chi connectivity index (χ0v) is 50.2. The molecule has 430 valence electrons. The van der Waals surface area contributed by atoms with Gasteiger partial charge < -0.3 is 19.3 Å². The number of ether oxygens (including phenoxy) is 2. The number of fused-ring (bicyclic) bond motifs is 18. The van der Waals surface area contributed by atoms with E-state index in [2.05, 4.69) is 338 Å². The lowest BCUT2D eigenvalue weighted by atomic mass is 9.28. The standard InChI is InChI=1S/C82H51B3N6O2/c1-7-28-52(29-8-1)86-64-46-27-47-65-74(64)85(77-66(86)50-68-75-79(77)92-70-48-25-21-42-60(70)83(75)72-58-40-19-23-44-62(58)88(54-32-11-3-12-33-54)81(72)90(68)56-36-15-5-16-37-56)78-67(87(65)53-30-9-2-10-31-53)51-69-76-80(78)93-71-49-26-22-43-61(71)84(76)73-59-41-20-24-45-63(59)89(55-34-13-4-14-35-55)82(73)91(69)57-38-17-6-18-39-57/h1-51H. The molecule has 2 aromatic heterocycles. The van der Waals surface area contributed by atoms with Gasteiger partial charge in [0.1, 0.15) is 34.6 Å². The fraction of sp³-hybridized carbons (Fsp3) is 0. The molecule has 0 saturated heterocycles. The van der Waals surface area contributed by atoms with Crippen molar-refractivity contribution >= 4 is 160 Å². The minimum atomic E-state index is -0.437. The van der Waals surface area contributed by atoms with Crippen LogP contribution in [0.2, 0.25) is 0 Å². The fourth-order valence-electron chi connectivity index (χ4n) is 16.9. The Balaban J connectivity index is 0.939. The maximum atomic E-state index is 8.01. The summed E-state index contributed by atoms with van der Waals surface area (Å²) in [6, 6.07) is 113. The van der Waals surface area contributed by atoms with Crippen molar-refractivity contribution < 1.29 is 9.47 Å². The van der Waals surface area contributed by atoms with Gasteiger partial charge in [0.25, 0.3) is 20.1 Å². The third-order valence-corrected chi connectivity index (χ3v) is 20.3. The van der Waals surface area contributed by atoms with Crippen molar-refractivity contribution in [2.24, 2.45) is 0 Å². The van der Waals surface area contributed by atoms with Crippen LogP contribution in [0.15, 0.2) is 309 Å². The average molecular weight is 1180 g/mol. The number of hydrogen-bond donors (Lipinski definition) is 0. The fourth-order valence-corrected chi connectivity index (χ4v) is 16.9. The minimum Gasteiger partial charge on any atom is -0.459 e. The summed E-state index contributed by atoms with van der Waals surface area (Å²) in [6.45, 7) is -0.919. The van der Waals surface area contributed by atoms with Crippen LogP contribution in [0.4, 0.5) is 68.5 Å². The topological polar surface area (TPSA) is 41.3 Å². The van der Waals surface area contributed by atoms with Gasteiger partial charge in [-0.3, -0.25) is 18.9 Å². The van der Waals surface area contributed by atoms with E-state index >= 15 is 0 Å². The van der Waals surface area contributed by atoms with E-state index in [0.717, 1.165) is 147 Å². The first-order valence-corrected chi connectivity index (χ1v) is 32.1. The van der Waals surface area contributed by atoms with E-state index in [1.54, 1.807) is 0 Å². The smallest absolute Gasteiger partial charge is 0.261 e. The molecule has 0 N–H and O–H groups in total. The quantitative estimate of drug-likeness (QED) is 0.155. The Morgan fingerprint density at radius 2 is 0.538 bits per heavy atom. The van der Waals surface area contributed by atoms with E-state index in [-0.39, 0.29) is 13.4 Å². The summed E-state index contributed by atoms with van der Waals surface area (Å²) in [7, 11) is 0. The molecule has 0 fully saturated rings. The molecule has 0 atom stereocenters. The van der Waals surface area contributed by atoms with Gasteiger partial charge in [-0.05, 0) is 181 Å². The van der Waals surface area contributed by atoms with E-state index in [0.29, 0.717) is 0 Å². The van der Waals surface area contributed by atoms with Crippen LogP contribution in [-0.2, 0) is 0 Å². The Morgan fingerprint density at radius 3 is 0.935 bits per heavy atom. The van der Waals surface area contributed by atoms with Crippen LogP contribution in [0.5, 0.6) is 23.0 Å². The first kappa shape index (κ1) is 50.8. The van der Waals surface area contributed by atoms with Gasteiger partial charge in [0.2, 0.25) is 0 Å². The lowest BCUT2D eigenvalue weighted by Gasteiger charge is -2.48. The zero-order valence-electron chi connectivity index (χ0n) is 50.2. The second-order valence-electron chi connectivity index (χ2n) is 25.0. The van der Waals surface area contributed by atoms with Crippen LogP contribution >= 0.6 is 0 Å². The highest BCUT2D eigenvalue weighted by Gasteiger charge is 2.55. The van der Waals surface area contributed by atoms with Crippen molar-refractivity contribution in [1.82, 2.24) is 9.13 Å². The van der Waals surface area contributed by atoms with Gasteiger partial charge in [-0.2, -0.15) is 0 Å². The second-order valence-corrected chi connectivity index (χ2v) is 25.0. The highest BCUT2D eigenvalue weighted by atomic mass is 16.5. The van der Waals surface area contributed by atoms with Gasteiger partial charge in [0.05, 0.1) is 11.0 Å². The molecule has 0 radical (unpaired) electrons. The summed E-state index contributed by atoms with van der Waals surface area (Å²) in [5.41, 5.74) is 25.3. The predicted molar refractivity (Wildman–Crippen MR) is 386 cm³/mol.